The minimum Gasteiger partial charge on any atom is -0.311 e. The Hall–Kier alpha value is -0.0800. The number of hydrogen-bond acceptors (Lipinski definition) is 2. The number of hydrogen-bond donors (Lipinski definition) is 1. The number of piperidine rings is 1. The first-order valence-corrected chi connectivity index (χ1v) is 7.67. The summed E-state index contributed by atoms with van der Waals surface area (Å²) in [7, 11) is 0. The lowest BCUT2D eigenvalue weighted by Crippen LogP contribution is -2.44. The maximum atomic E-state index is 3.84. The summed E-state index contributed by atoms with van der Waals surface area (Å²) >= 11 is 0. The number of nitrogens with zero attached hydrogens (tertiary/aromatic N) is 1. The SMILES string of the molecule is CCN1CCC(C(C)NC(C)CC2CC2)CC1. The van der Waals surface area contributed by atoms with Crippen molar-refractivity contribution in [3.05, 3.63) is 0 Å². The summed E-state index contributed by atoms with van der Waals surface area (Å²) in [5.74, 6) is 1.95. The summed E-state index contributed by atoms with van der Waals surface area (Å²) in [6.45, 7) is 10.9. The largest absolute Gasteiger partial charge is 0.311 e. The molecule has 0 aromatic carbocycles. The Kier molecular flexibility index (Phi) is 4.87. The third kappa shape index (κ3) is 4.26. The Labute approximate surface area is 107 Å². The van der Waals surface area contributed by atoms with E-state index in [1.54, 1.807) is 0 Å². The van der Waals surface area contributed by atoms with Crippen molar-refractivity contribution in [3.8, 4) is 0 Å². The first-order valence-electron chi connectivity index (χ1n) is 7.67. The van der Waals surface area contributed by atoms with Gasteiger partial charge in [-0.2, -0.15) is 0 Å². The fourth-order valence-corrected chi connectivity index (χ4v) is 3.28. The van der Waals surface area contributed by atoms with Crippen molar-refractivity contribution in [2.24, 2.45) is 11.8 Å². The van der Waals surface area contributed by atoms with Crippen LogP contribution in [0.25, 0.3) is 0 Å². The highest BCUT2D eigenvalue weighted by atomic mass is 15.1. The summed E-state index contributed by atoms with van der Waals surface area (Å²) in [4.78, 5) is 2.58. The maximum absolute atomic E-state index is 3.84. The number of rotatable bonds is 6. The van der Waals surface area contributed by atoms with E-state index in [9.17, 15) is 0 Å². The normalized spacial score (nSPS) is 27.0. The molecule has 2 heteroatoms. The third-order valence-electron chi connectivity index (χ3n) is 4.72. The number of nitrogens with one attached hydrogen (secondary N) is 1. The zero-order chi connectivity index (χ0) is 12.3. The first-order chi connectivity index (χ1) is 8.19. The van der Waals surface area contributed by atoms with Crippen molar-refractivity contribution in [2.75, 3.05) is 19.6 Å². The third-order valence-corrected chi connectivity index (χ3v) is 4.72. The summed E-state index contributed by atoms with van der Waals surface area (Å²) in [5.41, 5.74) is 0. The van der Waals surface area contributed by atoms with E-state index in [-0.39, 0.29) is 0 Å². The van der Waals surface area contributed by atoms with Crippen molar-refractivity contribution in [3.63, 3.8) is 0 Å². The molecule has 0 amide bonds. The molecule has 2 rings (SSSR count). The molecule has 0 radical (unpaired) electrons. The van der Waals surface area contributed by atoms with Crippen LogP contribution in [-0.4, -0.2) is 36.6 Å². The minimum absolute atomic E-state index is 0.711. The molecule has 1 saturated heterocycles. The van der Waals surface area contributed by atoms with E-state index in [1.807, 2.05) is 0 Å². The van der Waals surface area contributed by atoms with Gasteiger partial charge in [0.1, 0.15) is 0 Å². The van der Waals surface area contributed by atoms with Crippen LogP contribution in [0.4, 0.5) is 0 Å². The second kappa shape index (κ2) is 6.19. The second-order valence-electron chi connectivity index (χ2n) is 6.31. The van der Waals surface area contributed by atoms with Crippen molar-refractivity contribution in [1.82, 2.24) is 10.2 Å². The molecule has 0 aromatic rings. The Bertz CT molecular complexity index is 217. The van der Waals surface area contributed by atoms with Gasteiger partial charge in [0, 0.05) is 12.1 Å². The Morgan fingerprint density at radius 2 is 1.76 bits per heavy atom. The van der Waals surface area contributed by atoms with Crippen LogP contribution in [-0.2, 0) is 0 Å². The minimum atomic E-state index is 0.711. The van der Waals surface area contributed by atoms with Gasteiger partial charge >= 0.3 is 0 Å². The fourth-order valence-electron chi connectivity index (χ4n) is 3.28. The highest BCUT2D eigenvalue weighted by molar-refractivity contribution is 4.83. The van der Waals surface area contributed by atoms with E-state index in [0.717, 1.165) is 17.9 Å². The predicted octanol–water partition coefficient (Wildman–Crippen LogP) is 2.89. The van der Waals surface area contributed by atoms with Crippen LogP contribution in [0.3, 0.4) is 0 Å². The monoisotopic (exact) mass is 238 g/mol. The van der Waals surface area contributed by atoms with Gasteiger partial charge in [0.25, 0.3) is 0 Å². The zero-order valence-electron chi connectivity index (χ0n) is 11.9. The van der Waals surface area contributed by atoms with Crippen LogP contribution in [0.15, 0.2) is 0 Å². The van der Waals surface area contributed by atoms with Gasteiger partial charge in [-0.3, -0.25) is 0 Å². The van der Waals surface area contributed by atoms with E-state index >= 15 is 0 Å². The second-order valence-corrected chi connectivity index (χ2v) is 6.31. The lowest BCUT2D eigenvalue weighted by atomic mass is 9.89. The molecule has 0 spiro atoms. The molecule has 17 heavy (non-hydrogen) atoms. The molecule has 0 bridgehead atoms. The molecule has 2 unspecified atom stereocenters. The van der Waals surface area contributed by atoms with Crippen LogP contribution in [0.2, 0.25) is 0 Å². The molecule has 2 nitrogen and oxygen atoms in total. The summed E-state index contributed by atoms with van der Waals surface area (Å²) in [6, 6.07) is 1.43. The van der Waals surface area contributed by atoms with Gasteiger partial charge < -0.3 is 10.2 Å². The molecular formula is C15H30N2. The first kappa shape index (κ1) is 13.4. The molecule has 1 aliphatic heterocycles. The molecule has 1 saturated carbocycles. The van der Waals surface area contributed by atoms with Gasteiger partial charge in [-0.25, -0.2) is 0 Å². The molecule has 1 N–H and O–H groups in total. The van der Waals surface area contributed by atoms with E-state index in [4.69, 9.17) is 0 Å². The van der Waals surface area contributed by atoms with Crippen molar-refractivity contribution in [2.45, 2.75) is 65.0 Å². The smallest absolute Gasteiger partial charge is 0.00704 e. The van der Waals surface area contributed by atoms with Crippen LogP contribution < -0.4 is 5.32 Å². The fraction of sp³-hybridized carbons (Fsp3) is 1.00. The average molecular weight is 238 g/mol. The molecule has 2 fully saturated rings. The van der Waals surface area contributed by atoms with Gasteiger partial charge in [0.15, 0.2) is 0 Å². The van der Waals surface area contributed by atoms with E-state index in [1.165, 1.54) is 51.7 Å². The van der Waals surface area contributed by atoms with Gasteiger partial charge in [-0.15, -0.1) is 0 Å². The lowest BCUT2D eigenvalue weighted by molar-refractivity contribution is 0.164. The zero-order valence-corrected chi connectivity index (χ0v) is 11.9. The average Bonchev–Trinajstić information content (AvgIpc) is 3.12. The summed E-state index contributed by atoms with van der Waals surface area (Å²) in [6.07, 6.45) is 7.14. The molecular weight excluding hydrogens is 208 g/mol. The molecule has 100 valence electrons. The van der Waals surface area contributed by atoms with Crippen molar-refractivity contribution >= 4 is 0 Å². The topological polar surface area (TPSA) is 15.3 Å². The van der Waals surface area contributed by atoms with Gasteiger partial charge in [-0.1, -0.05) is 19.8 Å². The van der Waals surface area contributed by atoms with Crippen molar-refractivity contribution in [1.29, 1.82) is 0 Å². The van der Waals surface area contributed by atoms with Crippen molar-refractivity contribution < 1.29 is 0 Å². The molecule has 2 atom stereocenters. The van der Waals surface area contributed by atoms with Crippen LogP contribution >= 0.6 is 0 Å². The van der Waals surface area contributed by atoms with E-state index in [2.05, 4.69) is 31.0 Å². The van der Waals surface area contributed by atoms with E-state index in [0.29, 0.717) is 6.04 Å². The summed E-state index contributed by atoms with van der Waals surface area (Å²) in [5, 5.41) is 3.84. The van der Waals surface area contributed by atoms with Crippen LogP contribution in [0.1, 0.15) is 52.9 Å². The van der Waals surface area contributed by atoms with Gasteiger partial charge in [-0.05, 0) is 64.6 Å². The van der Waals surface area contributed by atoms with Gasteiger partial charge in [0.2, 0.25) is 0 Å². The molecule has 1 aliphatic carbocycles. The van der Waals surface area contributed by atoms with Gasteiger partial charge in [0.05, 0.1) is 0 Å². The van der Waals surface area contributed by atoms with Crippen LogP contribution in [0.5, 0.6) is 0 Å². The number of likely N-dealkylation sites (tertiary alicyclic amines) is 1. The quantitative estimate of drug-likeness (QED) is 0.765. The highest BCUT2D eigenvalue weighted by Crippen LogP contribution is 2.33. The Balaban J connectivity index is 1.66. The maximum Gasteiger partial charge on any atom is 0.00704 e. The Morgan fingerprint density at radius 3 is 2.29 bits per heavy atom. The molecule has 0 aromatic heterocycles. The van der Waals surface area contributed by atoms with Crippen LogP contribution in [0, 0.1) is 11.8 Å². The molecule has 2 aliphatic rings. The lowest BCUT2D eigenvalue weighted by Gasteiger charge is -2.35. The molecule has 1 heterocycles. The summed E-state index contributed by atoms with van der Waals surface area (Å²) < 4.78 is 0. The Morgan fingerprint density at radius 1 is 1.12 bits per heavy atom. The van der Waals surface area contributed by atoms with E-state index < -0.39 is 0 Å². The standard InChI is InChI=1S/C15H30N2/c1-4-17-9-7-15(8-10-17)13(3)16-12(2)11-14-5-6-14/h12-16H,4-11H2,1-3H3. The highest BCUT2D eigenvalue weighted by Gasteiger charge is 2.27. The predicted molar refractivity (Wildman–Crippen MR) is 74.2 cm³/mol.